The molecule has 1 amide bonds. The number of anilines is 1. The van der Waals surface area contributed by atoms with Crippen LogP contribution in [0.25, 0.3) is 11.3 Å². The largest absolute Gasteiger partial charge is 0.493 e. The molecule has 8 nitrogen and oxygen atoms in total. The number of hydrogen-bond donors (Lipinski definition) is 4. The van der Waals surface area contributed by atoms with Crippen LogP contribution in [0.4, 0.5) is 18.9 Å². The summed E-state index contributed by atoms with van der Waals surface area (Å²) in [4.78, 5) is 15.6. The van der Waals surface area contributed by atoms with E-state index in [2.05, 4.69) is 31.0 Å². The third-order valence-corrected chi connectivity index (χ3v) is 3.90. The fraction of sp³-hybridized carbons (Fsp3) is 0.143. The van der Waals surface area contributed by atoms with E-state index in [1.165, 1.54) is 0 Å². The summed E-state index contributed by atoms with van der Waals surface area (Å²) in [6.07, 6.45) is 1.61. The molecule has 0 unspecified atom stereocenters. The molecular weight excluding hydrogens is 373 g/mol. The number of hydrogen-bond acceptors (Lipinski definition) is 7. The Morgan fingerprint density at radius 3 is 2.58 bits per heavy atom. The van der Waals surface area contributed by atoms with Gasteiger partial charge in [0, 0.05) is 29.2 Å². The standard InChI is InChI=1S/C14H11F3N6O2S/c15-14(16,17)26-13-18-5-9(12(25)21-13)11(24)20-8-3-1-7(2-4-8)10-6-19-23-22-10/h1-4,6,25H,5H2,(H,18,21)(H,20,24)(H,19,22,23). The van der Waals surface area contributed by atoms with Gasteiger partial charge in [0.05, 0.1) is 12.1 Å². The van der Waals surface area contributed by atoms with E-state index in [1.54, 1.807) is 30.5 Å². The fourth-order valence-corrected chi connectivity index (χ4v) is 2.57. The van der Waals surface area contributed by atoms with Crippen LogP contribution in [0.1, 0.15) is 0 Å². The molecule has 136 valence electrons. The van der Waals surface area contributed by atoms with Gasteiger partial charge in [0.2, 0.25) is 5.88 Å². The number of aromatic amines is 1. The van der Waals surface area contributed by atoms with Gasteiger partial charge >= 0.3 is 5.51 Å². The summed E-state index contributed by atoms with van der Waals surface area (Å²) >= 11 is -0.501. The smallest absolute Gasteiger partial charge is 0.449 e. The minimum Gasteiger partial charge on any atom is -0.493 e. The molecule has 2 heterocycles. The van der Waals surface area contributed by atoms with Crippen LogP contribution in [0.2, 0.25) is 0 Å². The minimum atomic E-state index is -4.54. The van der Waals surface area contributed by atoms with E-state index >= 15 is 0 Å². The lowest BCUT2D eigenvalue weighted by atomic mass is 10.1. The van der Waals surface area contributed by atoms with Crippen LogP contribution in [0.5, 0.6) is 0 Å². The van der Waals surface area contributed by atoms with E-state index in [0.29, 0.717) is 11.4 Å². The molecule has 0 atom stereocenters. The quantitative estimate of drug-likeness (QED) is 0.646. The average molecular weight is 384 g/mol. The number of rotatable bonds is 3. The molecule has 0 aliphatic carbocycles. The second kappa shape index (κ2) is 7.07. The van der Waals surface area contributed by atoms with Crippen LogP contribution in [0.3, 0.4) is 0 Å². The Hall–Kier alpha value is -3.02. The Morgan fingerprint density at radius 2 is 2.00 bits per heavy atom. The van der Waals surface area contributed by atoms with Gasteiger partial charge in [0.15, 0.2) is 5.17 Å². The Balaban J connectivity index is 1.69. The van der Waals surface area contributed by atoms with E-state index in [-0.39, 0.29) is 12.1 Å². The van der Waals surface area contributed by atoms with Crippen LogP contribution in [0.15, 0.2) is 46.9 Å². The third-order valence-electron chi connectivity index (χ3n) is 3.24. The molecule has 4 N–H and O–H groups in total. The van der Waals surface area contributed by atoms with Gasteiger partial charge in [0.25, 0.3) is 5.91 Å². The summed E-state index contributed by atoms with van der Waals surface area (Å²) in [5, 5.41) is 24.1. The highest BCUT2D eigenvalue weighted by molar-refractivity contribution is 8.14. The fourth-order valence-electron chi connectivity index (χ4n) is 2.07. The molecule has 3 rings (SSSR count). The number of carbonyl (C=O) groups is 1. The minimum absolute atomic E-state index is 0.169. The van der Waals surface area contributed by atoms with E-state index in [1.807, 2.05) is 0 Å². The van der Waals surface area contributed by atoms with Crippen molar-refractivity contribution < 1.29 is 23.1 Å². The molecule has 1 aromatic carbocycles. The van der Waals surface area contributed by atoms with E-state index < -0.39 is 34.2 Å². The number of nitrogens with one attached hydrogen (secondary N) is 3. The molecule has 0 saturated carbocycles. The molecule has 1 aromatic heterocycles. The summed E-state index contributed by atoms with van der Waals surface area (Å²) in [5.41, 5.74) is -2.88. The summed E-state index contributed by atoms with van der Waals surface area (Å²) in [7, 11) is 0. The maximum atomic E-state index is 12.3. The van der Waals surface area contributed by atoms with Crippen molar-refractivity contribution in [1.82, 2.24) is 20.7 Å². The molecule has 0 spiro atoms. The molecule has 12 heteroatoms. The molecule has 0 bridgehead atoms. The van der Waals surface area contributed by atoms with Crippen molar-refractivity contribution in [1.29, 1.82) is 0 Å². The number of aromatic nitrogens is 3. The van der Waals surface area contributed by atoms with Gasteiger partial charge in [-0.15, -0.1) is 5.10 Å². The van der Waals surface area contributed by atoms with E-state index in [4.69, 9.17) is 0 Å². The van der Waals surface area contributed by atoms with Crippen molar-refractivity contribution in [2.24, 2.45) is 4.99 Å². The highest BCUT2D eigenvalue weighted by Crippen LogP contribution is 2.32. The van der Waals surface area contributed by atoms with Crippen LogP contribution < -0.4 is 10.6 Å². The number of aliphatic hydroxyl groups is 1. The highest BCUT2D eigenvalue weighted by Gasteiger charge is 2.33. The van der Waals surface area contributed by atoms with Crippen molar-refractivity contribution in [3.8, 4) is 11.3 Å². The summed E-state index contributed by atoms with van der Waals surface area (Å²) in [5.74, 6) is -1.43. The first kappa shape index (κ1) is 17.8. The van der Waals surface area contributed by atoms with Crippen LogP contribution in [0, 0.1) is 0 Å². The molecule has 26 heavy (non-hydrogen) atoms. The second-order valence-corrected chi connectivity index (χ2v) is 6.06. The number of benzene rings is 1. The molecule has 0 fully saturated rings. The zero-order chi connectivity index (χ0) is 18.7. The van der Waals surface area contributed by atoms with Crippen molar-refractivity contribution in [3.05, 3.63) is 41.9 Å². The number of carbonyl (C=O) groups excluding carboxylic acids is 1. The van der Waals surface area contributed by atoms with Crippen molar-refractivity contribution >= 4 is 28.5 Å². The van der Waals surface area contributed by atoms with Gasteiger partial charge in [-0.25, -0.2) is 0 Å². The number of alkyl halides is 3. The van der Waals surface area contributed by atoms with Crippen molar-refractivity contribution in [3.63, 3.8) is 0 Å². The molecule has 1 aliphatic rings. The Bertz CT molecular complexity index is 862. The SMILES string of the molecule is O=C(Nc1ccc(-c2c[nH]nn2)cc1)C1=C(O)N=C(SC(F)(F)F)NC1. The van der Waals surface area contributed by atoms with Gasteiger partial charge in [-0.3, -0.25) is 9.89 Å². The predicted octanol–water partition coefficient (Wildman–Crippen LogP) is 2.39. The highest BCUT2D eigenvalue weighted by atomic mass is 32.2. The molecule has 1 aliphatic heterocycles. The van der Waals surface area contributed by atoms with Gasteiger partial charge in [0.1, 0.15) is 5.69 Å². The average Bonchev–Trinajstić information content (AvgIpc) is 3.08. The molecule has 0 radical (unpaired) electrons. The number of H-pyrrole nitrogens is 1. The first-order chi connectivity index (χ1) is 12.3. The van der Waals surface area contributed by atoms with Crippen molar-refractivity contribution in [2.45, 2.75) is 5.51 Å². The van der Waals surface area contributed by atoms with Gasteiger partial charge < -0.3 is 15.7 Å². The maximum absolute atomic E-state index is 12.3. The number of aliphatic hydroxyl groups excluding tert-OH is 1. The van der Waals surface area contributed by atoms with Crippen LogP contribution in [-0.4, -0.2) is 43.6 Å². The zero-order valence-corrected chi connectivity index (χ0v) is 13.6. The molecule has 0 saturated heterocycles. The second-order valence-electron chi connectivity index (χ2n) is 5.01. The monoisotopic (exact) mass is 384 g/mol. The van der Waals surface area contributed by atoms with Crippen LogP contribution in [-0.2, 0) is 4.79 Å². The van der Waals surface area contributed by atoms with E-state index in [0.717, 1.165) is 5.56 Å². The van der Waals surface area contributed by atoms with Gasteiger partial charge in [-0.1, -0.05) is 17.3 Å². The number of nitrogens with zero attached hydrogens (tertiary/aromatic N) is 3. The van der Waals surface area contributed by atoms with Crippen molar-refractivity contribution in [2.75, 3.05) is 11.9 Å². The lowest BCUT2D eigenvalue weighted by Gasteiger charge is -2.18. The molecule has 2 aromatic rings. The Kier molecular flexibility index (Phi) is 4.84. The maximum Gasteiger partial charge on any atom is 0.449 e. The lowest BCUT2D eigenvalue weighted by molar-refractivity contribution is -0.113. The van der Waals surface area contributed by atoms with Gasteiger partial charge in [-0.05, 0) is 12.1 Å². The first-order valence-corrected chi connectivity index (χ1v) is 7.92. The third kappa shape index (κ3) is 4.33. The van der Waals surface area contributed by atoms with E-state index in [9.17, 15) is 23.1 Å². The molecular formula is C14H11F3N6O2S. The lowest BCUT2D eigenvalue weighted by Crippen LogP contribution is -2.34. The Morgan fingerprint density at radius 1 is 1.27 bits per heavy atom. The summed E-state index contributed by atoms with van der Waals surface area (Å²) in [6, 6.07) is 6.64. The summed E-state index contributed by atoms with van der Waals surface area (Å²) in [6.45, 7) is -0.281. The number of amides is 1. The topological polar surface area (TPSA) is 115 Å². The number of thioether (sulfide) groups is 1. The first-order valence-electron chi connectivity index (χ1n) is 7.10. The Labute approximate surface area is 148 Å². The summed E-state index contributed by atoms with van der Waals surface area (Å²) < 4.78 is 36.9. The number of halogens is 3. The van der Waals surface area contributed by atoms with Crippen LogP contribution >= 0.6 is 11.8 Å². The normalized spacial score (nSPS) is 14.7. The number of aliphatic imine (C=N–C) groups is 1. The zero-order valence-electron chi connectivity index (χ0n) is 12.8. The predicted molar refractivity (Wildman–Crippen MR) is 89.2 cm³/mol. The number of amidine groups is 1. The van der Waals surface area contributed by atoms with Gasteiger partial charge in [-0.2, -0.15) is 18.2 Å².